The summed E-state index contributed by atoms with van der Waals surface area (Å²) >= 11 is 1.63. The van der Waals surface area contributed by atoms with Crippen LogP contribution in [0.4, 0.5) is 0 Å². The molecule has 0 radical (unpaired) electrons. The number of thioether (sulfide) groups is 1. The minimum absolute atomic E-state index is 0.0145. The summed E-state index contributed by atoms with van der Waals surface area (Å²) in [5.74, 6) is -0.0444. The van der Waals surface area contributed by atoms with Gasteiger partial charge in [-0.3, -0.25) is 4.79 Å². The molecule has 2 aliphatic heterocycles. The third kappa shape index (κ3) is 2.36. The largest absolute Gasteiger partial charge is 0.480 e. The molecule has 3 fully saturated rings. The fourth-order valence-corrected chi connectivity index (χ4v) is 4.63. The van der Waals surface area contributed by atoms with E-state index in [9.17, 15) is 14.7 Å². The van der Waals surface area contributed by atoms with E-state index in [4.69, 9.17) is 4.74 Å². The van der Waals surface area contributed by atoms with Gasteiger partial charge in [0.05, 0.1) is 17.4 Å². The second-order valence-electron chi connectivity index (χ2n) is 5.63. The van der Waals surface area contributed by atoms with Crippen LogP contribution in [0.15, 0.2) is 0 Å². The molecule has 6 heteroatoms. The first-order chi connectivity index (χ1) is 9.09. The van der Waals surface area contributed by atoms with Crippen LogP contribution in [0.3, 0.4) is 0 Å². The highest BCUT2D eigenvalue weighted by Gasteiger charge is 2.50. The quantitative estimate of drug-likeness (QED) is 0.843. The zero-order valence-corrected chi connectivity index (χ0v) is 11.8. The molecule has 1 aliphatic carbocycles. The highest BCUT2D eigenvalue weighted by atomic mass is 32.2. The molecule has 106 valence electrons. The number of amides is 1. The molecule has 1 saturated carbocycles. The molecule has 0 aromatic carbocycles. The van der Waals surface area contributed by atoms with E-state index in [1.165, 1.54) is 0 Å². The second kappa shape index (κ2) is 4.98. The molecule has 1 amide bonds. The number of ether oxygens (including phenoxy) is 1. The third-order valence-electron chi connectivity index (χ3n) is 4.29. The molecule has 0 aromatic rings. The zero-order valence-electron chi connectivity index (χ0n) is 10.9. The van der Waals surface area contributed by atoms with Gasteiger partial charge in [-0.2, -0.15) is 0 Å². The summed E-state index contributed by atoms with van der Waals surface area (Å²) in [6.45, 7) is 2.51. The van der Waals surface area contributed by atoms with Gasteiger partial charge in [-0.15, -0.1) is 11.8 Å². The monoisotopic (exact) mass is 285 g/mol. The maximum Gasteiger partial charge on any atom is 0.327 e. The summed E-state index contributed by atoms with van der Waals surface area (Å²) in [7, 11) is 0. The van der Waals surface area contributed by atoms with Crippen molar-refractivity contribution in [3.8, 4) is 0 Å². The molecule has 19 heavy (non-hydrogen) atoms. The summed E-state index contributed by atoms with van der Waals surface area (Å²) in [6.07, 6.45) is 2.85. The van der Waals surface area contributed by atoms with E-state index in [2.05, 4.69) is 0 Å². The van der Waals surface area contributed by atoms with Crippen LogP contribution in [0.25, 0.3) is 0 Å². The molecule has 3 rings (SSSR count). The predicted octanol–water partition coefficient (Wildman–Crippen LogP) is 1.18. The number of carbonyl (C=O) groups is 2. The van der Waals surface area contributed by atoms with E-state index in [1.54, 1.807) is 16.7 Å². The van der Waals surface area contributed by atoms with Crippen LogP contribution in [0.1, 0.15) is 26.2 Å². The lowest BCUT2D eigenvalue weighted by Crippen LogP contribution is -2.49. The fourth-order valence-electron chi connectivity index (χ4n) is 2.99. The van der Waals surface area contributed by atoms with Gasteiger partial charge < -0.3 is 14.7 Å². The van der Waals surface area contributed by atoms with Crippen LogP contribution in [0.2, 0.25) is 0 Å². The summed E-state index contributed by atoms with van der Waals surface area (Å²) in [5, 5.41) is 9.39. The number of carboxylic acids is 1. The number of nitrogens with zero attached hydrogens (tertiary/aromatic N) is 1. The number of carbonyl (C=O) groups excluding carboxylic acids is 1. The standard InChI is InChI=1S/C13H19NO4S/c1-7-9(4-5-18-7)11(15)14-10(13(16)17)6-19-12(14)8-2-3-8/h7-10,12H,2-6H2,1H3,(H,16,17). The van der Waals surface area contributed by atoms with Crippen LogP contribution < -0.4 is 0 Å². The zero-order chi connectivity index (χ0) is 13.6. The van der Waals surface area contributed by atoms with E-state index >= 15 is 0 Å². The van der Waals surface area contributed by atoms with Crippen LogP contribution in [-0.4, -0.2) is 51.8 Å². The molecular weight excluding hydrogens is 266 g/mol. The lowest BCUT2D eigenvalue weighted by molar-refractivity contribution is -0.152. The minimum Gasteiger partial charge on any atom is -0.480 e. The molecule has 0 aromatic heterocycles. The second-order valence-corrected chi connectivity index (χ2v) is 6.78. The number of hydrogen-bond donors (Lipinski definition) is 1. The lowest BCUT2D eigenvalue weighted by atomic mass is 10.00. The molecule has 4 unspecified atom stereocenters. The summed E-state index contributed by atoms with van der Waals surface area (Å²) in [5.41, 5.74) is 0. The van der Waals surface area contributed by atoms with Crippen LogP contribution in [0, 0.1) is 11.8 Å². The first kappa shape index (κ1) is 13.2. The number of hydrogen-bond acceptors (Lipinski definition) is 4. The lowest BCUT2D eigenvalue weighted by Gasteiger charge is -2.30. The van der Waals surface area contributed by atoms with E-state index in [0.29, 0.717) is 24.7 Å². The molecule has 0 bridgehead atoms. The van der Waals surface area contributed by atoms with Gasteiger partial charge in [0.25, 0.3) is 0 Å². The topological polar surface area (TPSA) is 66.8 Å². The SMILES string of the molecule is CC1OCCC1C(=O)N1C(C(=O)O)CSC1C1CC1. The van der Waals surface area contributed by atoms with Crippen molar-refractivity contribution < 1.29 is 19.4 Å². The number of carboxylic acid groups (broad SMARTS) is 1. The third-order valence-corrected chi connectivity index (χ3v) is 5.75. The molecule has 5 nitrogen and oxygen atoms in total. The van der Waals surface area contributed by atoms with Gasteiger partial charge in [0.1, 0.15) is 6.04 Å². The van der Waals surface area contributed by atoms with E-state index in [0.717, 1.165) is 12.8 Å². The van der Waals surface area contributed by atoms with Gasteiger partial charge in [-0.25, -0.2) is 4.79 Å². The number of rotatable bonds is 3. The van der Waals surface area contributed by atoms with Gasteiger partial charge in [-0.05, 0) is 32.1 Å². The van der Waals surface area contributed by atoms with Gasteiger partial charge >= 0.3 is 5.97 Å². The first-order valence-electron chi connectivity index (χ1n) is 6.87. The molecule has 2 saturated heterocycles. The Morgan fingerprint density at radius 3 is 2.58 bits per heavy atom. The van der Waals surface area contributed by atoms with Crippen molar-refractivity contribution in [3.63, 3.8) is 0 Å². The first-order valence-corrected chi connectivity index (χ1v) is 7.92. The van der Waals surface area contributed by atoms with Gasteiger partial charge in [-0.1, -0.05) is 0 Å². The Balaban J connectivity index is 1.80. The molecule has 1 N–H and O–H groups in total. The molecular formula is C13H19NO4S. The Bertz CT molecular complexity index is 398. The van der Waals surface area contributed by atoms with E-state index in [1.807, 2.05) is 6.92 Å². The maximum absolute atomic E-state index is 12.7. The predicted molar refractivity (Wildman–Crippen MR) is 70.8 cm³/mol. The summed E-state index contributed by atoms with van der Waals surface area (Å²) in [6, 6.07) is -0.657. The molecule has 2 heterocycles. The maximum atomic E-state index is 12.7. The molecule has 4 atom stereocenters. The van der Waals surface area contributed by atoms with Crippen molar-refractivity contribution >= 4 is 23.6 Å². The van der Waals surface area contributed by atoms with E-state index < -0.39 is 12.0 Å². The number of aliphatic carboxylic acids is 1. The van der Waals surface area contributed by atoms with Crippen molar-refractivity contribution in [2.45, 2.75) is 43.7 Å². The molecule has 3 aliphatic rings. The Hall–Kier alpha value is -0.750. The van der Waals surface area contributed by atoms with E-state index in [-0.39, 0.29) is 23.3 Å². The Kier molecular flexibility index (Phi) is 3.47. The Morgan fingerprint density at radius 2 is 2.05 bits per heavy atom. The Morgan fingerprint density at radius 1 is 1.32 bits per heavy atom. The van der Waals surface area contributed by atoms with Crippen molar-refractivity contribution in [2.75, 3.05) is 12.4 Å². The average Bonchev–Trinajstić information content (AvgIpc) is 2.97. The van der Waals surface area contributed by atoms with Crippen LogP contribution >= 0.6 is 11.8 Å². The highest BCUT2D eigenvalue weighted by molar-refractivity contribution is 8.00. The van der Waals surface area contributed by atoms with Crippen LogP contribution in [0.5, 0.6) is 0 Å². The van der Waals surface area contributed by atoms with Crippen molar-refractivity contribution in [2.24, 2.45) is 11.8 Å². The summed E-state index contributed by atoms with van der Waals surface area (Å²) in [4.78, 5) is 25.7. The fraction of sp³-hybridized carbons (Fsp3) is 0.846. The van der Waals surface area contributed by atoms with Gasteiger partial charge in [0, 0.05) is 12.4 Å². The van der Waals surface area contributed by atoms with Crippen LogP contribution in [-0.2, 0) is 14.3 Å². The minimum atomic E-state index is -0.879. The van der Waals surface area contributed by atoms with Gasteiger partial charge in [0.15, 0.2) is 0 Å². The normalized spacial score (nSPS) is 38.7. The smallest absolute Gasteiger partial charge is 0.327 e. The Labute approximate surface area is 116 Å². The van der Waals surface area contributed by atoms with Crippen molar-refractivity contribution in [3.05, 3.63) is 0 Å². The van der Waals surface area contributed by atoms with Gasteiger partial charge in [0.2, 0.25) is 5.91 Å². The highest BCUT2D eigenvalue weighted by Crippen LogP contribution is 2.46. The summed E-state index contributed by atoms with van der Waals surface area (Å²) < 4.78 is 5.45. The van der Waals surface area contributed by atoms with Crippen molar-refractivity contribution in [1.82, 2.24) is 4.90 Å². The van der Waals surface area contributed by atoms with Crippen molar-refractivity contribution in [1.29, 1.82) is 0 Å². The molecule has 0 spiro atoms. The average molecular weight is 285 g/mol.